The van der Waals surface area contributed by atoms with E-state index in [9.17, 15) is 0 Å². The van der Waals surface area contributed by atoms with Crippen molar-refractivity contribution in [2.24, 2.45) is 0 Å². The smallest absolute Gasteiger partial charge is 0.193 e. The van der Waals surface area contributed by atoms with Gasteiger partial charge in [-0.1, -0.05) is 18.5 Å². The molecule has 98 valence electrons. The van der Waals surface area contributed by atoms with Crippen LogP contribution in [-0.2, 0) is 6.42 Å². The summed E-state index contributed by atoms with van der Waals surface area (Å²) in [7, 11) is 0. The molecule has 0 fully saturated rings. The van der Waals surface area contributed by atoms with E-state index in [1.165, 1.54) is 4.88 Å². The van der Waals surface area contributed by atoms with Crippen LogP contribution in [0.1, 0.15) is 30.0 Å². The second kappa shape index (κ2) is 6.62. The summed E-state index contributed by atoms with van der Waals surface area (Å²) in [6.45, 7) is 3.09. The molecule has 1 unspecified atom stereocenters. The van der Waals surface area contributed by atoms with Crippen LogP contribution in [0.4, 0.5) is 0 Å². The highest BCUT2D eigenvalue weighted by atomic mass is 35.5. The summed E-state index contributed by atoms with van der Waals surface area (Å²) in [5.41, 5.74) is 0. The molecule has 2 heterocycles. The molecule has 1 N–H and O–H groups in total. The first kappa shape index (κ1) is 13.9. The normalized spacial score (nSPS) is 12.8. The largest absolute Gasteiger partial charge is 0.448 e. The number of rotatable bonds is 6. The lowest BCUT2D eigenvalue weighted by atomic mass is 10.1. The van der Waals surface area contributed by atoms with Crippen LogP contribution in [0.5, 0.6) is 0 Å². The molecule has 2 rings (SSSR count). The van der Waals surface area contributed by atoms with Crippen molar-refractivity contribution in [3.8, 4) is 0 Å². The molecule has 0 saturated heterocycles. The maximum Gasteiger partial charge on any atom is 0.193 e. The maximum absolute atomic E-state index is 5.95. The summed E-state index contributed by atoms with van der Waals surface area (Å²) in [6, 6.07) is 7.82. The van der Waals surface area contributed by atoms with E-state index in [4.69, 9.17) is 27.6 Å². The average molecular weight is 304 g/mol. The van der Waals surface area contributed by atoms with Crippen molar-refractivity contribution in [2.75, 3.05) is 6.54 Å². The molecule has 2 aromatic heterocycles. The number of thiophene rings is 1. The maximum atomic E-state index is 5.95. The van der Waals surface area contributed by atoms with Crippen LogP contribution in [0.15, 0.2) is 28.7 Å². The first-order chi connectivity index (χ1) is 8.69. The molecule has 2 nitrogen and oxygen atoms in total. The number of hydrogen-bond acceptors (Lipinski definition) is 3. The van der Waals surface area contributed by atoms with Gasteiger partial charge < -0.3 is 9.73 Å². The predicted octanol–water partition coefficient (Wildman–Crippen LogP) is 4.93. The lowest BCUT2D eigenvalue weighted by Gasteiger charge is -2.15. The van der Waals surface area contributed by atoms with Crippen LogP contribution >= 0.6 is 34.5 Å². The van der Waals surface area contributed by atoms with Crippen LogP contribution < -0.4 is 5.32 Å². The van der Waals surface area contributed by atoms with Gasteiger partial charge >= 0.3 is 0 Å². The Labute approximate surface area is 121 Å². The molecule has 1 atom stereocenters. The van der Waals surface area contributed by atoms with Crippen LogP contribution in [-0.4, -0.2) is 6.54 Å². The summed E-state index contributed by atoms with van der Waals surface area (Å²) in [5.74, 6) is 0.873. The second-order valence-corrected chi connectivity index (χ2v) is 6.23. The fourth-order valence-electron chi connectivity index (χ4n) is 1.77. The average Bonchev–Trinajstić information content (AvgIpc) is 2.93. The molecule has 5 heteroatoms. The predicted molar refractivity (Wildman–Crippen MR) is 77.8 cm³/mol. The van der Waals surface area contributed by atoms with E-state index in [0.29, 0.717) is 5.22 Å². The fourth-order valence-corrected chi connectivity index (χ4v) is 3.06. The van der Waals surface area contributed by atoms with Gasteiger partial charge in [-0.15, -0.1) is 11.3 Å². The Bertz CT molecular complexity index is 495. The van der Waals surface area contributed by atoms with Gasteiger partial charge in [-0.25, -0.2) is 0 Å². The molecular formula is C13H15Cl2NOS. The Hall–Kier alpha value is -0.480. The molecule has 0 aliphatic rings. The van der Waals surface area contributed by atoms with E-state index in [0.717, 1.165) is 29.5 Å². The highest BCUT2D eigenvalue weighted by molar-refractivity contribution is 7.16. The highest BCUT2D eigenvalue weighted by Gasteiger charge is 2.16. The minimum absolute atomic E-state index is 0.146. The lowest BCUT2D eigenvalue weighted by Crippen LogP contribution is -2.23. The molecule has 0 radical (unpaired) electrons. The molecule has 0 bridgehead atoms. The number of hydrogen-bond donors (Lipinski definition) is 1. The van der Waals surface area contributed by atoms with Crippen LogP contribution in [0.3, 0.4) is 0 Å². The van der Waals surface area contributed by atoms with E-state index >= 15 is 0 Å². The second-order valence-electron chi connectivity index (χ2n) is 4.06. The van der Waals surface area contributed by atoms with E-state index in [1.54, 1.807) is 17.4 Å². The topological polar surface area (TPSA) is 25.2 Å². The monoisotopic (exact) mass is 303 g/mol. The molecular weight excluding hydrogens is 289 g/mol. The third-order valence-electron chi connectivity index (χ3n) is 2.61. The highest BCUT2D eigenvalue weighted by Crippen LogP contribution is 2.28. The Morgan fingerprint density at radius 2 is 2.11 bits per heavy atom. The standard InChI is InChI=1S/C13H15Cl2NOS/c1-2-7-16-10(11-4-5-12(14)17-11)8-9-3-6-13(15)18-9/h3-6,10,16H,2,7-8H2,1H3. The Kier molecular flexibility index (Phi) is 5.13. The van der Waals surface area contributed by atoms with Gasteiger partial charge in [-0.05, 0) is 48.8 Å². The van der Waals surface area contributed by atoms with Crippen molar-refractivity contribution in [1.82, 2.24) is 5.32 Å². The summed E-state index contributed by atoms with van der Waals surface area (Å²) < 4.78 is 6.31. The molecule has 0 aliphatic carbocycles. The number of furan rings is 1. The van der Waals surface area contributed by atoms with Crippen LogP contribution in [0, 0.1) is 0 Å². The van der Waals surface area contributed by atoms with Gasteiger partial charge in [0.25, 0.3) is 0 Å². The van der Waals surface area contributed by atoms with Crippen LogP contribution in [0.2, 0.25) is 9.56 Å². The van der Waals surface area contributed by atoms with Gasteiger partial charge in [0.1, 0.15) is 5.76 Å². The Morgan fingerprint density at radius 1 is 1.28 bits per heavy atom. The molecule has 0 aliphatic heterocycles. The van der Waals surface area contributed by atoms with Crippen molar-refractivity contribution >= 4 is 34.5 Å². The number of halogens is 2. The van der Waals surface area contributed by atoms with Gasteiger partial charge in [0.05, 0.1) is 10.4 Å². The van der Waals surface area contributed by atoms with E-state index in [-0.39, 0.29) is 6.04 Å². The van der Waals surface area contributed by atoms with Crippen molar-refractivity contribution in [1.29, 1.82) is 0 Å². The zero-order valence-electron chi connectivity index (χ0n) is 10.1. The fraction of sp³-hybridized carbons (Fsp3) is 0.385. The lowest BCUT2D eigenvalue weighted by molar-refractivity contribution is 0.413. The molecule has 0 saturated carbocycles. The minimum atomic E-state index is 0.146. The molecule has 18 heavy (non-hydrogen) atoms. The van der Waals surface area contributed by atoms with E-state index < -0.39 is 0 Å². The van der Waals surface area contributed by atoms with Crippen LogP contribution in [0.25, 0.3) is 0 Å². The van der Waals surface area contributed by atoms with Crippen molar-refractivity contribution < 1.29 is 4.42 Å². The molecule has 0 aromatic carbocycles. The van der Waals surface area contributed by atoms with Gasteiger partial charge in [-0.2, -0.15) is 0 Å². The van der Waals surface area contributed by atoms with Crippen molar-refractivity contribution in [2.45, 2.75) is 25.8 Å². The summed E-state index contributed by atoms with van der Waals surface area (Å²) in [4.78, 5) is 1.24. The third-order valence-corrected chi connectivity index (χ3v) is 4.07. The summed E-state index contributed by atoms with van der Waals surface area (Å²) in [5, 5.41) is 3.90. The van der Waals surface area contributed by atoms with E-state index in [1.807, 2.05) is 12.1 Å². The minimum Gasteiger partial charge on any atom is -0.448 e. The quantitative estimate of drug-likeness (QED) is 0.818. The van der Waals surface area contributed by atoms with E-state index in [2.05, 4.69) is 18.3 Å². The molecule has 2 aromatic rings. The van der Waals surface area contributed by atoms with Crippen molar-refractivity contribution in [3.05, 3.63) is 44.5 Å². The Balaban J connectivity index is 2.09. The van der Waals surface area contributed by atoms with Crippen molar-refractivity contribution in [3.63, 3.8) is 0 Å². The first-order valence-corrected chi connectivity index (χ1v) is 7.49. The zero-order chi connectivity index (χ0) is 13.0. The van der Waals surface area contributed by atoms with Gasteiger partial charge in [0, 0.05) is 11.3 Å². The molecule has 0 spiro atoms. The Morgan fingerprint density at radius 3 is 2.67 bits per heavy atom. The van der Waals surface area contributed by atoms with Gasteiger partial charge in [0.2, 0.25) is 0 Å². The summed E-state index contributed by atoms with van der Waals surface area (Å²) in [6.07, 6.45) is 1.94. The first-order valence-electron chi connectivity index (χ1n) is 5.92. The summed E-state index contributed by atoms with van der Waals surface area (Å²) >= 11 is 13.4. The zero-order valence-corrected chi connectivity index (χ0v) is 12.4. The van der Waals surface area contributed by atoms with Gasteiger partial charge in [-0.3, -0.25) is 0 Å². The number of nitrogens with one attached hydrogen (secondary N) is 1. The third kappa shape index (κ3) is 3.75. The molecule has 0 amide bonds. The SMILES string of the molecule is CCCNC(Cc1ccc(Cl)s1)c1ccc(Cl)o1. The van der Waals surface area contributed by atoms with Gasteiger partial charge in [0.15, 0.2) is 5.22 Å².